The summed E-state index contributed by atoms with van der Waals surface area (Å²) in [4.78, 5) is 12.7. The lowest BCUT2D eigenvalue weighted by Crippen LogP contribution is -2.35. The molecule has 1 N–H and O–H groups in total. The first kappa shape index (κ1) is 24.9. The average molecular weight is 546 g/mol. The number of amides is 1. The Bertz CT molecular complexity index is 1340. The molecule has 2 heterocycles. The molecule has 1 saturated heterocycles. The number of hydrogen-bond donors (Lipinski definition) is 1. The highest BCUT2D eigenvalue weighted by Gasteiger charge is 2.30. The number of halogens is 4. The van der Waals surface area contributed by atoms with Crippen LogP contribution in [0.2, 0.25) is 15.1 Å². The summed E-state index contributed by atoms with van der Waals surface area (Å²) in [6.07, 6.45) is 4.12. The van der Waals surface area contributed by atoms with Crippen molar-refractivity contribution in [1.29, 1.82) is 0 Å². The molecule has 34 heavy (non-hydrogen) atoms. The first-order chi connectivity index (χ1) is 16.1. The standard InChI is InChI=1S/C22H20Cl3FN4O3S/c23-17-10-15(26)5-4-14(17)13-29-9-6-21(28-29)27-22(31)16-11-20(19(25)12-18(16)24)34(32,33)30-7-2-1-3-8-30/h4-6,9-12H,1-3,7-8,13H2,(H,27,28,31). The summed E-state index contributed by atoms with van der Waals surface area (Å²) in [7, 11) is -3.87. The van der Waals surface area contributed by atoms with Gasteiger partial charge >= 0.3 is 0 Å². The number of anilines is 1. The number of benzene rings is 2. The van der Waals surface area contributed by atoms with Gasteiger partial charge in [-0.3, -0.25) is 9.48 Å². The van der Waals surface area contributed by atoms with Crippen molar-refractivity contribution < 1.29 is 17.6 Å². The zero-order chi connectivity index (χ0) is 24.5. The van der Waals surface area contributed by atoms with Crippen LogP contribution < -0.4 is 5.32 Å². The Morgan fingerprint density at radius 1 is 1.00 bits per heavy atom. The molecule has 4 rings (SSSR count). The van der Waals surface area contributed by atoms with Crippen LogP contribution in [0, 0.1) is 5.82 Å². The second-order valence-electron chi connectivity index (χ2n) is 7.82. The van der Waals surface area contributed by atoms with Gasteiger partial charge in [0.05, 0.1) is 22.2 Å². The molecular weight excluding hydrogens is 526 g/mol. The molecule has 180 valence electrons. The number of rotatable bonds is 6. The SMILES string of the molecule is O=C(Nc1ccn(Cc2ccc(F)cc2Cl)n1)c1cc(S(=O)(=O)N2CCCCC2)c(Cl)cc1Cl. The Labute approximate surface area is 211 Å². The van der Waals surface area contributed by atoms with Crippen LogP contribution in [-0.4, -0.2) is 41.5 Å². The van der Waals surface area contributed by atoms with Gasteiger partial charge in [0.2, 0.25) is 10.0 Å². The average Bonchev–Trinajstić information content (AvgIpc) is 3.22. The first-order valence-corrected chi connectivity index (χ1v) is 13.0. The number of aromatic nitrogens is 2. The van der Waals surface area contributed by atoms with Crippen LogP contribution in [-0.2, 0) is 16.6 Å². The Morgan fingerprint density at radius 2 is 1.74 bits per heavy atom. The molecule has 3 aromatic rings. The van der Waals surface area contributed by atoms with Crippen molar-refractivity contribution in [3.8, 4) is 0 Å². The van der Waals surface area contributed by atoms with E-state index < -0.39 is 21.7 Å². The summed E-state index contributed by atoms with van der Waals surface area (Å²) < 4.78 is 42.3. The number of hydrogen-bond acceptors (Lipinski definition) is 4. The van der Waals surface area contributed by atoms with E-state index in [1.807, 2.05) is 0 Å². The molecule has 0 aliphatic carbocycles. The van der Waals surface area contributed by atoms with E-state index in [4.69, 9.17) is 34.8 Å². The number of sulfonamides is 1. The molecule has 1 aliphatic rings. The van der Waals surface area contributed by atoms with E-state index in [-0.39, 0.29) is 37.9 Å². The highest BCUT2D eigenvalue weighted by atomic mass is 35.5. The molecule has 0 spiro atoms. The number of nitrogens with one attached hydrogen (secondary N) is 1. The van der Waals surface area contributed by atoms with Crippen molar-refractivity contribution in [2.24, 2.45) is 0 Å². The summed E-state index contributed by atoms with van der Waals surface area (Å²) in [5.74, 6) is -0.861. The quantitative estimate of drug-likeness (QED) is 0.446. The zero-order valence-corrected chi connectivity index (χ0v) is 20.9. The number of carbonyl (C=O) groups is 1. The molecular formula is C22H20Cl3FN4O3S. The van der Waals surface area contributed by atoms with Gasteiger partial charge in [-0.2, -0.15) is 9.40 Å². The van der Waals surface area contributed by atoms with Gasteiger partial charge in [0.25, 0.3) is 5.91 Å². The minimum Gasteiger partial charge on any atom is -0.305 e. The topological polar surface area (TPSA) is 84.3 Å². The van der Waals surface area contributed by atoms with Gasteiger partial charge in [-0.25, -0.2) is 12.8 Å². The van der Waals surface area contributed by atoms with E-state index >= 15 is 0 Å². The predicted molar refractivity (Wildman–Crippen MR) is 130 cm³/mol. The fraction of sp³-hybridized carbons (Fsp3) is 0.273. The number of carbonyl (C=O) groups excluding carboxylic acids is 1. The van der Waals surface area contributed by atoms with Gasteiger partial charge in [0, 0.05) is 30.4 Å². The van der Waals surface area contributed by atoms with Crippen molar-refractivity contribution >= 4 is 56.6 Å². The lowest BCUT2D eigenvalue weighted by atomic mass is 10.2. The van der Waals surface area contributed by atoms with E-state index in [0.717, 1.165) is 19.3 Å². The largest absolute Gasteiger partial charge is 0.305 e. The van der Waals surface area contributed by atoms with Crippen LogP contribution in [0.15, 0.2) is 47.5 Å². The van der Waals surface area contributed by atoms with Crippen molar-refractivity contribution in [1.82, 2.24) is 14.1 Å². The summed E-state index contributed by atoms with van der Waals surface area (Å²) in [6, 6.07) is 8.07. The van der Waals surface area contributed by atoms with Crippen molar-refractivity contribution in [3.63, 3.8) is 0 Å². The number of piperidine rings is 1. The van der Waals surface area contributed by atoms with Crippen LogP contribution in [0.3, 0.4) is 0 Å². The van der Waals surface area contributed by atoms with Gasteiger partial charge in [-0.1, -0.05) is 47.3 Å². The fourth-order valence-corrected chi connectivity index (χ4v) is 6.25. The highest BCUT2D eigenvalue weighted by Crippen LogP contribution is 2.32. The Kier molecular flexibility index (Phi) is 7.49. The van der Waals surface area contributed by atoms with Crippen molar-refractivity contribution in [3.05, 3.63) is 74.6 Å². The van der Waals surface area contributed by atoms with Crippen molar-refractivity contribution in [2.75, 3.05) is 18.4 Å². The van der Waals surface area contributed by atoms with Gasteiger partial charge in [0.15, 0.2) is 5.82 Å². The summed E-state index contributed by atoms with van der Waals surface area (Å²) in [5, 5.41) is 7.09. The maximum atomic E-state index is 13.2. The fourth-order valence-electron chi connectivity index (χ4n) is 3.67. The van der Waals surface area contributed by atoms with Gasteiger partial charge < -0.3 is 5.32 Å². The molecule has 1 aliphatic heterocycles. The van der Waals surface area contributed by atoms with Gasteiger partial charge in [-0.15, -0.1) is 0 Å². The van der Waals surface area contributed by atoms with Crippen LogP contribution in [0.25, 0.3) is 0 Å². The first-order valence-electron chi connectivity index (χ1n) is 10.4. The Hall–Kier alpha value is -2.17. The van der Waals surface area contributed by atoms with E-state index in [9.17, 15) is 17.6 Å². The van der Waals surface area contributed by atoms with Crippen LogP contribution in [0.4, 0.5) is 10.2 Å². The molecule has 0 bridgehead atoms. The predicted octanol–water partition coefficient (Wildman–Crippen LogP) is 5.46. The third kappa shape index (κ3) is 5.39. The molecule has 1 aromatic heterocycles. The number of nitrogens with zero attached hydrogens (tertiary/aromatic N) is 3. The molecule has 0 saturated carbocycles. The molecule has 0 unspecified atom stereocenters. The molecule has 0 radical (unpaired) electrons. The van der Waals surface area contributed by atoms with E-state index in [1.54, 1.807) is 18.3 Å². The summed E-state index contributed by atoms with van der Waals surface area (Å²) in [6.45, 7) is 1.06. The Morgan fingerprint density at radius 3 is 2.44 bits per heavy atom. The maximum absolute atomic E-state index is 13.2. The molecule has 2 aromatic carbocycles. The van der Waals surface area contributed by atoms with Crippen LogP contribution >= 0.6 is 34.8 Å². The minimum absolute atomic E-state index is 0.0117. The zero-order valence-electron chi connectivity index (χ0n) is 17.8. The van der Waals surface area contributed by atoms with E-state index in [1.165, 1.54) is 33.3 Å². The molecule has 7 nitrogen and oxygen atoms in total. The molecule has 1 fully saturated rings. The van der Waals surface area contributed by atoms with E-state index in [0.29, 0.717) is 18.7 Å². The smallest absolute Gasteiger partial charge is 0.258 e. The summed E-state index contributed by atoms with van der Waals surface area (Å²) >= 11 is 18.5. The molecule has 12 heteroatoms. The second-order valence-corrected chi connectivity index (χ2v) is 10.9. The Balaban J connectivity index is 1.54. The van der Waals surface area contributed by atoms with Crippen molar-refractivity contribution in [2.45, 2.75) is 30.7 Å². The van der Waals surface area contributed by atoms with Gasteiger partial charge in [0.1, 0.15) is 10.7 Å². The maximum Gasteiger partial charge on any atom is 0.258 e. The highest BCUT2D eigenvalue weighted by molar-refractivity contribution is 7.89. The normalized spacial score (nSPS) is 14.8. The third-order valence-electron chi connectivity index (χ3n) is 5.43. The molecule has 1 amide bonds. The lowest BCUT2D eigenvalue weighted by molar-refractivity contribution is 0.102. The summed E-state index contributed by atoms with van der Waals surface area (Å²) in [5.41, 5.74) is 0.607. The molecule has 0 atom stereocenters. The van der Waals surface area contributed by atoms with Gasteiger partial charge in [-0.05, 0) is 42.7 Å². The monoisotopic (exact) mass is 544 g/mol. The lowest BCUT2D eigenvalue weighted by Gasteiger charge is -2.26. The minimum atomic E-state index is -3.87. The van der Waals surface area contributed by atoms with Crippen LogP contribution in [0.5, 0.6) is 0 Å². The third-order valence-corrected chi connectivity index (χ3v) is 8.46. The van der Waals surface area contributed by atoms with Crippen LogP contribution in [0.1, 0.15) is 35.2 Å². The second kappa shape index (κ2) is 10.2. The van der Waals surface area contributed by atoms with E-state index in [2.05, 4.69) is 10.4 Å².